The van der Waals surface area contributed by atoms with E-state index in [2.05, 4.69) is 6.07 Å². The molecule has 2 fully saturated rings. The molecule has 4 aliphatic heterocycles. The highest BCUT2D eigenvalue weighted by molar-refractivity contribution is 5.45. The summed E-state index contributed by atoms with van der Waals surface area (Å²) in [6.07, 6.45) is 0.150. The maximum atomic E-state index is 5.89. The van der Waals surface area contributed by atoms with E-state index in [1.807, 2.05) is 36.4 Å². The molecule has 142 valence electrons. The van der Waals surface area contributed by atoms with Crippen LogP contribution in [-0.4, -0.2) is 33.4 Å². The van der Waals surface area contributed by atoms with Gasteiger partial charge in [0.25, 0.3) is 0 Å². The maximum absolute atomic E-state index is 5.89. The van der Waals surface area contributed by atoms with Crippen LogP contribution in [0.15, 0.2) is 42.5 Å². The third kappa shape index (κ3) is 3.36. The summed E-state index contributed by atoms with van der Waals surface area (Å²) in [5, 5.41) is 0. The lowest BCUT2D eigenvalue weighted by atomic mass is 9.90. The fourth-order valence-electron chi connectivity index (χ4n) is 3.93. The first-order valence-electron chi connectivity index (χ1n) is 9.26. The standard InChI is InChI=1S/C13H14O4.C8H8O2/c1-2-11-12(17-7-16-11)3-8(1)13-10-6-14-4-9(10)5-15-13;1-2-4-8-7(3-1)5-9-6-10-8/h1-3,9-10,13H,4-7H2;1-4H,5-6H2/t9-,10-,13+;/m0./s1. The SMILES string of the molecule is c1cc2c(cc1[C@H]1OC[C@@H]3COC[C@@H]31)OCO2.c1ccc2c(c1)COCO2. The van der Waals surface area contributed by atoms with Crippen molar-refractivity contribution in [3.05, 3.63) is 53.6 Å². The van der Waals surface area contributed by atoms with Crippen molar-refractivity contribution in [3.63, 3.8) is 0 Å². The number of rotatable bonds is 1. The number of benzene rings is 2. The van der Waals surface area contributed by atoms with Crippen molar-refractivity contribution in [1.82, 2.24) is 0 Å². The smallest absolute Gasteiger partial charge is 0.231 e. The van der Waals surface area contributed by atoms with Crippen molar-refractivity contribution in [2.24, 2.45) is 11.8 Å². The average molecular weight is 370 g/mol. The Balaban J connectivity index is 0.000000137. The van der Waals surface area contributed by atoms with Crippen LogP contribution < -0.4 is 14.2 Å². The van der Waals surface area contributed by atoms with E-state index < -0.39 is 0 Å². The quantitative estimate of drug-likeness (QED) is 0.768. The van der Waals surface area contributed by atoms with Gasteiger partial charge in [-0.25, -0.2) is 0 Å². The summed E-state index contributed by atoms with van der Waals surface area (Å²) in [5.41, 5.74) is 2.31. The van der Waals surface area contributed by atoms with E-state index in [0.717, 1.165) is 42.6 Å². The summed E-state index contributed by atoms with van der Waals surface area (Å²) >= 11 is 0. The summed E-state index contributed by atoms with van der Waals surface area (Å²) < 4.78 is 32.4. The Morgan fingerprint density at radius 3 is 2.59 bits per heavy atom. The summed E-state index contributed by atoms with van der Waals surface area (Å²) in [5.74, 6) is 3.66. The molecule has 2 aromatic rings. The van der Waals surface area contributed by atoms with Gasteiger partial charge in [-0.05, 0) is 23.8 Å². The highest BCUT2D eigenvalue weighted by atomic mass is 16.7. The number of hydrogen-bond acceptors (Lipinski definition) is 6. The molecule has 0 saturated carbocycles. The minimum atomic E-state index is 0.150. The molecule has 2 aromatic carbocycles. The minimum absolute atomic E-state index is 0.150. The van der Waals surface area contributed by atoms with Gasteiger partial charge in [0.05, 0.1) is 32.5 Å². The fraction of sp³-hybridized carbons (Fsp3) is 0.429. The van der Waals surface area contributed by atoms with E-state index in [-0.39, 0.29) is 6.10 Å². The van der Waals surface area contributed by atoms with Crippen LogP contribution in [0, 0.1) is 11.8 Å². The Kier molecular flexibility index (Phi) is 4.61. The van der Waals surface area contributed by atoms with Gasteiger partial charge in [0.15, 0.2) is 18.3 Å². The van der Waals surface area contributed by atoms with Crippen molar-refractivity contribution in [3.8, 4) is 17.2 Å². The molecule has 4 aliphatic rings. The normalized spacial score (nSPS) is 27.2. The largest absolute Gasteiger partial charge is 0.467 e. The molecule has 0 spiro atoms. The van der Waals surface area contributed by atoms with Crippen LogP contribution in [0.2, 0.25) is 0 Å². The van der Waals surface area contributed by atoms with Crippen molar-refractivity contribution in [1.29, 1.82) is 0 Å². The molecular weight excluding hydrogens is 348 g/mol. The molecule has 0 amide bonds. The molecule has 0 N–H and O–H groups in total. The van der Waals surface area contributed by atoms with E-state index in [0.29, 0.717) is 32.0 Å². The van der Waals surface area contributed by atoms with Crippen molar-refractivity contribution >= 4 is 0 Å². The van der Waals surface area contributed by atoms with E-state index in [1.54, 1.807) is 0 Å². The van der Waals surface area contributed by atoms with Crippen LogP contribution in [0.4, 0.5) is 0 Å². The van der Waals surface area contributed by atoms with Gasteiger partial charge in [-0.3, -0.25) is 0 Å². The van der Waals surface area contributed by atoms with E-state index >= 15 is 0 Å². The highest BCUT2D eigenvalue weighted by Gasteiger charge is 2.42. The Morgan fingerprint density at radius 2 is 1.63 bits per heavy atom. The number of hydrogen-bond donors (Lipinski definition) is 0. The van der Waals surface area contributed by atoms with Crippen LogP contribution in [0.25, 0.3) is 0 Å². The topological polar surface area (TPSA) is 55.4 Å². The van der Waals surface area contributed by atoms with Crippen molar-refractivity contribution in [2.75, 3.05) is 33.4 Å². The zero-order valence-corrected chi connectivity index (χ0v) is 15.0. The third-order valence-electron chi connectivity index (χ3n) is 5.38. The van der Waals surface area contributed by atoms with Crippen LogP contribution in [0.3, 0.4) is 0 Å². The molecule has 6 rings (SSSR count). The van der Waals surface area contributed by atoms with E-state index in [9.17, 15) is 0 Å². The molecule has 0 aliphatic carbocycles. The summed E-state index contributed by atoms with van der Waals surface area (Å²) in [6, 6.07) is 14.0. The Labute approximate surface area is 157 Å². The monoisotopic (exact) mass is 370 g/mol. The average Bonchev–Trinajstić information content (AvgIpc) is 3.44. The van der Waals surface area contributed by atoms with Gasteiger partial charge in [-0.1, -0.05) is 24.3 Å². The van der Waals surface area contributed by atoms with Gasteiger partial charge < -0.3 is 28.4 Å². The molecular formula is C21H22O6. The van der Waals surface area contributed by atoms with E-state index in [1.165, 1.54) is 5.56 Å². The van der Waals surface area contributed by atoms with Crippen LogP contribution in [-0.2, 0) is 20.8 Å². The lowest BCUT2D eigenvalue weighted by Crippen LogP contribution is -2.12. The minimum Gasteiger partial charge on any atom is -0.467 e. The second kappa shape index (κ2) is 7.38. The van der Waals surface area contributed by atoms with Crippen molar-refractivity contribution < 1.29 is 28.4 Å². The van der Waals surface area contributed by atoms with E-state index in [4.69, 9.17) is 28.4 Å². The van der Waals surface area contributed by atoms with Gasteiger partial charge in [0, 0.05) is 17.4 Å². The first kappa shape index (κ1) is 16.9. The highest BCUT2D eigenvalue weighted by Crippen LogP contribution is 2.44. The molecule has 6 heteroatoms. The predicted octanol–water partition coefficient (Wildman–Crippen LogP) is 3.30. The zero-order chi connectivity index (χ0) is 18.1. The van der Waals surface area contributed by atoms with Gasteiger partial charge in [-0.2, -0.15) is 0 Å². The number of fused-ring (bicyclic) bond motifs is 3. The van der Waals surface area contributed by atoms with Gasteiger partial charge >= 0.3 is 0 Å². The molecule has 6 nitrogen and oxygen atoms in total. The molecule has 3 atom stereocenters. The molecule has 2 saturated heterocycles. The number of ether oxygens (including phenoxy) is 6. The first-order valence-corrected chi connectivity index (χ1v) is 9.26. The maximum Gasteiger partial charge on any atom is 0.231 e. The fourth-order valence-corrected chi connectivity index (χ4v) is 3.93. The third-order valence-corrected chi connectivity index (χ3v) is 5.38. The first-order chi connectivity index (χ1) is 13.4. The molecule has 27 heavy (non-hydrogen) atoms. The van der Waals surface area contributed by atoms with Crippen LogP contribution in [0.1, 0.15) is 17.2 Å². The van der Waals surface area contributed by atoms with Crippen LogP contribution in [0.5, 0.6) is 17.2 Å². The Morgan fingerprint density at radius 1 is 0.741 bits per heavy atom. The second-order valence-electron chi connectivity index (χ2n) is 7.05. The Bertz CT molecular complexity index is 782. The second-order valence-corrected chi connectivity index (χ2v) is 7.05. The summed E-state index contributed by atoms with van der Waals surface area (Å²) in [4.78, 5) is 0. The molecule has 0 unspecified atom stereocenters. The lowest BCUT2D eigenvalue weighted by molar-refractivity contribution is -0.0163. The molecule has 0 aromatic heterocycles. The van der Waals surface area contributed by atoms with Gasteiger partial charge in [0.2, 0.25) is 6.79 Å². The van der Waals surface area contributed by atoms with Gasteiger partial charge in [0.1, 0.15) is 5.75 Å². The molecule has 4 heterocycles. The summed E-state index contributed by atoms with van der Waals surface area (Å²) in [7, 11) is 0. The molecule has 0 radical (unpaired) electrons. The predicted molar refractivity (Wildman–Crippen MR) is 95.8 cm³/mol. The Hall–Kier alpha value is -2.28. The van der Waals surface area contributed by atoms with Gasteiger partial charge in [-0.15, -0.1) is 0 Å². The molecule has 0 bridgehead atoms. The summed E-state index contributed by atoms with van der Waals surface area (Å²) in [6.45, 7) is 3.84. The van der Waals surface area contributed by atoms with Crippen LogP contribution >= 0.6 is 0 Å². The number of para-hydroxylation sites is 1. The van der Waals surface area contributed by atoms with Crippen molar-refractivity contribution in [2.45, 2.75) is 12.7 Å². The zero-order valence-electron chi connectivity index (χ0n) is 15.0. The lowest BCUT2D eigenvalue weighted by Gasteiger charge is -2.16.